The van der Waals surface area contributed by atoms with Crippen LogP contribution in [0, 0.1) is 5.82 Å². The Morgan fingerprint density at radius 3 is 2.59 bits per heavy atom. The van der Waals surface area contributed by atoms with Gasteiger partial charge < -0.3 is 10.2 Å². The van der Waals surface area contributed by atoms with Gasteiger partial charge in [-0.05, 0) is 37.2 Å². The predicted molar refractivity (Wildman–Crippen MR) is 65.7 cm³/mol. The molecule has 0 atom stereocenters. The standard InChI is InChI=1S/C12H17ClFNO2/c1-15(11(7-16)8-17)5-4-9-6-10(13)2-3-12(9)14/h2-3,6,11,16-17H,4-5,7-8H2,1H3. The molecule has 0 aromatic heterocycles. The number of benzene rings is 1. The molecule has 96 valence electrons. The Balaban J connectivity index is 2.57. The van der Waals surface area contributed by atoms with Gasteiger partial charge in [-0.3, -0.25) is 4.90 Å². The summed E-state index contributed by atoms with van der Waals surface area (Å²) in [4.78, 5) is 1.79. The number of hydrogen-bond acceptors (Lipinski definition) is 3. The zero-order chi connectivity index (χ0) is 12.8. The van der Waals surface area contributed by atoms with Crippen LogP contribution in [0.25, 0.3) is 0 Å². The summed E-state index contributed by atoms with van der Waals surface area (Å²) in [5.74, 6) is -0.285. The van der Waals surface area contributed by atoms with Crippen LogP contribution in [0.5, 0.6) is 0 Å². The first-order valence-electron chi connectivity index (χ1n) is 5.44. The van der Waals surface area contributed by atoms with Gasteiger partial charge in [0.25, 0.3) is 0 Å². The van der Waals surface area contributed by atoms with Crippen LogP contribution in [0.2, 0.25) is 5.02 Å². The lowest BCUT2D eigenvalue weighted by Crippen LogP contribution is -2.38. The van der Waals surface area contributed by atoms with Crippen molar-refractivity contribution in [3.63, 3.8) is 0 Å². The van der Waals surface area contributed by atoms with Gasteiger partial charge in [-0.25, -0.2) is 4.39 Å². The molecule has 0 amide bonds. The highest BCUT2D eigenvalue weighted by Crippen LogP contribution is 2.15. The molecular formula is C12H17ClFNO2. The molecule has 0 fully saturated rings. The largest absolute Gasteiger partial charge is 0.395 e. The van der Waals surface area contributed by atoms with E-state index in [-0.39, 0.29) is 25.1 Å². The fraction of sp³-hybridized carbons (Fsp3) is 0.500. The molecule has 0 saturated heterocycles. The van der Waals surface area contributed by atoms with Crippen molar-refractivity contribution in [3.8, 4) is 0 Å². The van der Waals surface area contributed by atoms with Crippen molar-refractivity contribution in [2.24, 2.45) is 0 Å². The molecule has 0 aliphatic rings. The zero-order valence-corrected chi connectivity index (χ0v) is 10.5. The molecule has 1 aromatic rings. The first kappa shape index (κ1) is 14.4. The van der Waals surface area contributed by atoms with Crippen LogP contribution in [0.1, 0.15) is 5.56 Å². The lowest BCUT2D eigenvalue weighted by atomic mass is 10.1. The van der Waals surface area contributed by atoms with E-state index in [0.717, 1.165) is 0 Å². The molecule has 1 rings (SSSR count). The fourth-order valence-electron chi connectivity index (χ4n) is 1.55. The summed E-state index contributed by atoms with van der Waals surface area (Å²) in [5, 5.41) is 18.5. The molecule has 0 aliphatic carbocycles. The van der Waals surface area contributed by atoms with Crippen molar-refractivity contribution in [3.05, 3.63) is 34.6 Å². The van der Waals surface area contributed by atoms with E-state index in [2.05, 4.69) is 0 Å². The molecule has 0 heterocycles. The van der Waals surface area contributed by atoms with E-state index in [0.29, 0.717) is 23.6 Å². The first-order valence-corrected chi connectivity index (χ1v) is 5.82. The summed E-state index contributed by atoms with van der Waals surface area (Å²) in [7, 11) is 1.78. The van der Waals surface area contributed by atoms with E-state index in [1.807, 2.05) is 0 Å². The summed E-state index contributed by atoms with van der Waals surface area (Å²) in [6.45, 7) is 0.305. The summed E-state index contributed by atoms with van der Waals surface area (Å²) < 4.78 is 13.4. The highest BCUT2D eigenvalue weighted by Gasteiger charge is 2.13. The van der Waals surface area contributed by atoms with Crippen molar-refractivity contribution in [2.45, 2.75) is 12.5 Å². The molecule has 0 bridgehead atoms. The SMILES string of the molecule is CN(CCc1cc(Cl)ccc1F)C(CO)CO. The van der Waals surface area contributed by atoms with E-state index in [4.69, 9.17) is 21.8 Å². The highest BCUT2D eigenvalue weighted by molar-refractivity contribution is 6.30. The van der Waals surface area contributed by atoms with Crippen LogP contribution < -0.4 is 0 Å². The molecule has 2 N–H and O–H groups in total. The Labute approximate surface area is 105 Å². The molecular weight excluding hydrogens is 245 g/mol. The Bertz CT molecular complexity index is 358. The number of rotatable bonds is 6. The minimum absolute atomic E-state index is 0.120. The summed E-state index contributed by atoms with van der Waals surface area (Å²) in [6.07, 6.45) is 0.486. The normalized spacial score (nSPS) is 11.5. The third-order valence-electron chi connectivity index (χ3n) is 2.79. The predicted octanol–water partition coefficient (Wildman–Crippen LogP) is 1.31. The third kappa shape index (κ3) is 4.24. The van der Waals surface area contributed by atoms with Crippen LogP contribution in [0.3, 0.4) is 0 Å². The maximum absolute atomic E-state index is 13.4. The van der Waals surface area contributed by atoms with Gasteiger partial charge in [-0.15, -0.1) is 0 Å². The molecule has 0 spiro atoms. The summed E-state index contributed by atoms with van der Waals surface area (Å²) in [5.41, 5.74) is 0.541. The maximum atomic E-state index is 13.4. The molecule has 0 aliphatic heterocycles. The number of likely N-dealkylation sites (N-methyl/N-ethyl adjacent to an activating group) is 1. The number of nitrogens with zero attached hydrogens (tertiary/aromatic N) is 1. The van der Waals surface area contributed by atoms with Gasteiger partial charge in [0.1, 0.15) is 5.82 Å². The smallest absolute Gasteiger partial charge is 0.126 e. The molecule has 0 saturated carbocycles. The fourth-order valence-corrected chi connectivity index (χ4v) is 1.75. The van der Waals surface area contributed by atoms with E-state index in [1.165, 1.54) is 12.1 Å². The minimum Gasteiger partial charge on any atom is -0.395 e. The van der Waals surface area contributed by atoms with E-state index >= 15 is 0 Å². The topological polar surface area (TPSA) is 43.7 Å². The average Bonchev–Trinajstić information content (AvgIpc) is 2.32. The Kier molecular flexibility index (Phi) is 5.85. The van der Waals surface area contributed by atoms with Crippen LogP contribution in [-0.2, 0) is 6.42 Å². The van der Waals surface area contributed by atoms with Gasteiger partial charge in [0.2, 0.25) is 0 Å². The monoisotopic (exact) mass is 261 g/mol. The second-order valence-corrected chi connectivity index (χ2v) is 4.42. The lowest BCUT2D eigenvalue weighted by molar-refractivity contribution is 0.0924. The third-order valence-corrected chi connectivity index (χ3v) is 3.02. The van der Waals surface area contributed by atoms with E-state index in [9.17, 15) is 4.39 Å². The molecule has 3 nitrogen and oxygen atoms in total. The number of aliphatic hydroxyl groups excluding tert-OH is 2. The van der Waals surface area contributed by atoms with Gasteiger partial charge in [-0.2, -0.15) is 0 Å². The molecule has 5 heteroatoms. The van der Waals surface area contributed by atoms with Crippen molar-refractivity contribution in [1.29, 1.82) is 0 Å². The molecule has 17 heavy (non-hydrogen) atoms. The van der Waals surface area contributed by atoms with Crippen molar-refractivity contribution in [1.82, 2.24) is 4.90 Å². The highest BCUT2D eigenvalue weighted by atomic mass is 35.5. The second-order valence-electron chi connectivity index (χ2n) is 3.99. The lowest BCUT2D eigenvalue weighted by Gasteiger charge is -2.24. The Morgan fingerprint density at radius 2 is 2.00 bits per heavy atom. The quantitative estimate of drug-likeness (QED) is 0.812. The first-order chi connectivity index (χ1) is 8.08. The zero-order valence-electron chi connectivity index (χ0n) is 9.74. The van der Waals surface area contributed by atoms with Crippen LogP contribution in [0.15, 0.2) is 18.2 Å². The molecule has 1 aromatic carbocycles. The van der Waals surface area contributed by atoms with Gasteiger partial charge in [0.05, 0.1) is 19.3 Å². The number of halogens is 2. The Morgan fingerprint density at radius 1 is 1.35 bits per heavy atom. The minimum atomic E-state index is -0.308. The number of hydrogen-bond donors (Lipinski definition) is 2. The molecule has 0 radical (unpaired) electrons. The van der Waals surface area contributed by atoms with Crippen LogP contribution in [-0.4, -0.2) is 48.0 Å². The van der Waals surface area contributed by atoms with Gasteiger partial charge >= 0.3 is 0 Å². The van der Waals surface area contributed by atoms with Gasteiger partial charge in [0, 0.05) is 11.6 Å². The second kappa shape index (κ2) is 6.91. The van der Waals surface area contributed by atoms with Gasteiger partial charge in [0.15, 0.2) is 0 Å². The van der Waals surface area contributed by atoms with Crippen molar-refractivity contribution in [2.75, 3.05) is 26.8 Å². The van der Waals surface area contributed by atoms with Gasteiger partial charge in [-0.1, -0.05) is 11.6 Å². The summed E-state index contributed by atoms with van der Waals surface area (Å²) >= 11 is 5.79. The molecule has 0 unspecified atom stereocenters. The van der Waals surface area contributed by atoms with E-state index < -0.39 is 0 Å². The van der Waals surface area contributed by atoms with Crippen molar-refractivity contribution < 1.29 is 14.6 Å². The number of aliphatic hydroxyl groups is 2. The van der Waals surface area contributed by atoms with Crippen molar-refractivity contribution >= 4 is 11.6 Å². The maximum Gasteiger partial charge on any atom is 0.126 e. The van der Waals surface area contributed by atoms with Crippen LogP contribution in [0.4, 0.5) is 4.39 Å². The average molecular weight is 262 g/mol. The van der Waals surface area contributed by atoms with Crippen LogP contribution >= 0.6 is 11.6 Å². The summed E-state index contributed by atoms with van der Waals surface area (Å²) in [6, 6.07) is 4.14. The Hall–Kier alpha value is -0.680. The van der Waals surface area contributed by atoms with E-state index in [1.54, 1.807) is 18.0 Å².